The van der Waals surface area contributed by atoms with Gasteiger partial charge in [-0.05, 0) is 57.8 Å². The molecule has 2 aromatic heterocycles. The van der Waals surface area contributed by atoms with Crippen molar-refractivity contribution in [3.05, 3.63) is 47.0 Å². The second-order valence-corrected chi connectivity index (χ2v) is 12.4. The number of fused-ring (bicyclic) bond motifs is 1. The van der Waals surface area contributed by atoms with Gasteiger partial charge < -0.3 is 25.4 Å². The van der Waals surface area contributed by atoms with Crippen LogP contribution in [0.15, 0.2) is 35.8 Å². The molecule has 3 saturated heterocycles. The summed E-state index contributed by atoms with van der Waals surface area (Å²) in [6.45, 7) is 11.5. The van der Waals surface area contributed by atoms with E-state index in [0.29, 0.717) is 29.8 Å². The first-order chi connectivity index (χ1) is 21.0. The zero-order valence-corrected chi connectivity index (χ0v) is 26.1. The molecule has 0 spiro atoms. The first kappa shape index (κ1) is 30.0. The minimum atomic E-state index is 0.327. The van der Waals surface area contributed by atoms with Gasteiger partial charge in [-0.2, -0.15) is 0 Å². The highest BCUT2D eigenvalue weighted by Crippen LogP contribution is 2.32. The van der Waals surface area contributed by atoms with Gasteiger partial charge in [-0.15, -0.1) is 0 Å². The normalized spacial score (nSPS) is 22.2. The summed E-state index contributed by atoms with van der Waals surface area (Å²) < 4.78 is 11.5. The Labute approximate surface area is 256 Å². The van der Waals surface area contributed by atoms with Gasteiger partial charge in [0.15, 0.2) is 5.82 Å². The van der Waals surface area contributed by atoms with Crippen molar-refractivity contribution >= 4 is 28.2 Å². The van der Waals surface area contributed by atoms with Gasteiger partial charge in [0, 0.05) is 81.8 Å². The van der Waals surface area contributed by atoms with E-state index >= 15 is 0 Å². The lowest BCUT2D eigenvalue weighted by atomic mass is 10.0. The van der Waals surface area contributed by atoms with E-state index in [1.54, 1.807) is 7.11 Å². The Balaban J connectivity index is 1.19. The molecule has 2 aromatic rings. The number of piperazine rings is 1. The predicted molar refractivity (Wildman–Crippen MR) is 173 cm³/mol. The number of aromatic nitrogens is 3. The summed E-state index contributed by atoms with van der Waals surface area (Å²) in [5, 5.41) is 3.66. The highest BCUT2D eigenvalue weighted by molar-refractivity contribution is 5.96. The molecule has 43 heavy (non-hydrogen) atoms. The van der Waals surface area contributed by atoms with Crippen LogP contribution in [0, 0.1) is 0 Å². The Morgan fingerprint density at radius 3 is 2.49 bits per heavy atom. The van der Waals surface area contributed by atoms with Gasteiger partial charge in [0.2, 0.25) is 0 Å². The lowest BCUT2D eigenvalue weighted by molar-refractivity contribution is 0.0701. The summed E-state index contributed by atoms with van der Waals surface area (Å²) in [5.74, 6) is 2.26. The van der Waals surface area contributed by atoms with Gasteiger partial charge in [-0.1, -0.05) is 25.2 Å². The van der Waals surface area contributed by atoms with E-state index in [9.17, 15) is 0 Å². The minimum Gasteiger partial charge on any atom is -0.500 e. The number of methoxy groups -OCH3 is 1. The van der Waals surface area contributed by atoms with E-state index in [0.717, 1.165) is 86.0 Å². The van der Waals surface area contributed by atoms with Gasteiger partial charge in [0.1, 0.15) is 22.6 Å². The Bertz CT molecular complexity index is 1370. The molecule has 3 aliphatic heterocycles. The molecule has 0 saturated carbocycles. The fourth-order valence-electron chi connectivity index (χ4n) is 6.81. The molecule has 6 rings (SSSR count). The maximum Gasteiger partial charge on any atom is 0.151 e. The van der Waals surface area contributed by atoms with Crippen molar-refractivity contribution < 1.29 is 9.47 Å². The molecule has 4 aliphatic rings. The van der Waals surface area contributed by atoms with Crippen LogP contribution < -0.4 is 11.1 Å². The molecule has 0 atom stereocenters. The van der Waals surface area contributed by atoms with Gasteiger partial charge in [0.25, 0.3) is 0 Å². The van der Waals surface area contributed by atoms with E-state index in [1.165, 1.54) is 44.6 Å². The summed E-state index contributed by atoms with van der Waals surface area (Å²) in [5.41, 5.74) is 11.9. The standard InChI is InChI=1S/C33H48N8O2/c1-4-28-33(36-25-11-19-43-20-12-25)38-30-27(21-35-32(34)31(30)37-28)23-5-6-24(29(42-3)8-7-23)22-40-13-9-26(10-14-40)41-17-15-39(2)16-18-41/h5-7,21,25-26H,4,8-20,22H2,1-3H3,(H2,34,35)(H,36,38). The zero-order valence-electron chi connectivity index (χ0n) is 26.1. The van der Waals surface area contributed by atoms with Crippen molar-refractivity contribution in [3.63, 3.8) is 0 Å². The summed E-state index contributed by atoms with van der Waals surface area (Å²) >= 11 is 0. The number of ether oxygens (including phenoxy) is 2. The SMILES string of the molecule is CCc1nc2c(N)ncc(C3=CCC(OC)=C(CN4CCC(N5CCN(C)CC5)CC4)C=C3)c2nc1NC1CCOCC1. The molecule has 3 N–H and O–H groups in total. The van der Waals surface area contributed by atoms with Crippen LogP contribution in [0.3, 0.4) is 0 Å². The van der Waals surface area contributed by atoms with E-state index in [1.807, 2.05) is 6.20 Å². The molecule has 1 aliphatic carbocycles. The van der Waals surface area contributed by atoms with Crippen LogP contribution in [0.2, 0.25) is 0 Å². The number of nitrogen functional groups attached to an aromatic ring is 1. The molecule has 10 nitrogen and oxygen atoms in total. The second kappa shape index (κ2) is 13.7. The predicted octanol–water partition coefficient (Wildman–Crippen LogP) is 3.72. The second-order valence-electron chi connectivity index (χ2n) is 12.4. The lowest BCUT2D eigenvalue weighted by Gasteiger charge is -2.42. The zero-order chi connectivity index (χ0) is 29.8. The number of allylic oxidation sites excluding steroid dienone is 3. The number of nitrogens with two attached hydrogens (primary N) is 1. The minimum absolute atomic E-state index is 0.327. The van der Waals surface area contributed by atoms with E-state index < -0.39 is 0 Å². The van der Waals surface area contributed by atoms with Crippen LogP contribution in [-0.4, -0.2) is 115 Å². The van der Waals surface area contributed by atoms with E-state index in [-0.39, 0.29) is 0 Å². The Morgan fingerprint density at radius 2 is 1.77 bits per heavy atom. The average Bonchev–Trinajstić information content (AvgIpc) is 3.24. The van der Waals surface area contributed by atoms with Gasteiger partial charge >= 0.3 is 0 Å². The number of hydrogen-bond donors (Lipinski definition) is 2. The number of hydrogen-bond acceptors (Lipinski definition) is 10. The van der Waals surface area contributed by atoms with Crippen molar-refractivity contribution in [2.24, 2.45) is 0 Å². The van der Waals surface area contributed by atoms with Gasteiger partial charge in [0.05, 0.1) is 12.8 Å². The maximum absolute atomic E-state index is 6.35. The third-order valence-corrected chi connectivity index (χ3v) is 9.59. The van der Waals surface area contributed by atoms with Crippen LogP contribution in [0.5, 0.6) is 0 Å². The molecule has 0 bridgehead atoms. The van der Waals surface area contributed by atoms with Gasteiger partial charge in [-0.25, -0.2) is 15.0 Å². The summed E-state index contributed by atoms with van der Waals surface area (Å²) in [6, 6.07) is 1.04. The highest BCUT2D eigenvalue weighted by Gasteiger charge is 2.27. The molecule has 0 unspecified atom stereocenters. The molecule has 0 aromatic carbocycles. The first-order valence-corrected chi connectivity index (χ1v) is 16.1. The first-order valence-electron chi connectivity index (χ1n) is 16.1. The molecule has 3 fully saturated rings. The monoisotopic (exact) mass is 588 g/mol. The third kappa shape index (κ3) is 6.87. The summed E-state index contributed by atoms with van der Waals surface area (Å²) in [6.07, 6.45) is 14.3. The average molecular weight is 589 g/mol. The fraction of sp³-hybridized carbons (Fsp3) is 0.606. The number of rotatable bonds is 8. The van der Waals surface area contributed by atoms with E-state index in [2.05, 4.69) is 57.2 Å². The highest BCUT2D eigenvalue weighted by atomic mass is 16.5. The van der Waals surface area contributed by atoms with E-state index in [4.69, 9.17) is 25.2 Å². The van der Waals surface area contributed by atoms with Crippen molar-refractivity contribution in [2.75, 3.05) is 84.2 Å². The Hall–Kier alpha value is -3.05. The largest absolute Gasteiger partial charge is 0.500 e. The summed E-state index contributed by atoms with van der Waals surface area (Å²) in [4.78, 5) is 22.4. The van der Waals surface area contributed by atoms with Crippen LogP contribution >= 0.6 is 0 Å². The van der Waals surface area contributed by atoms with Gasteiger partial charge in [-0.3, -0.25) is 9.80 Å². The number of nitrogens with one attached hydrogen (secondary N) is 1. The Kier molecular flexibility index (Phi) is 9.57. The number of nitrogens with zero attached hydrogens (tertiary/aromatic N) is 6. The number of pyridine rings is 1. The lowest BCUT2D eigenvalue weighted by Crippen LogP contribution is -2.52. The Morgan fingerprint density at radius 1 is 1.00 bits per heavy atom. The number of piperidine rings is 1. The number of anilines is 2. The van der Waals surface area contributed by atoms with Crippen LogP contribution in [0.1, 0.15) is 50.3 Å². The molecular formula is C33H48N8O2. The molecule has 10 heteroatoms. The molecule has 0 amide bonds. The fourth-order valence-corrected chi connectivity index (χ4v) is 6.81. The topological polar surface area (TPSA) is 105 Å². The molecular weight excluding hydrogens is 540 g/mol. The third-order valence-electron chi connectivity index (χ3n) is 9.59. The van der Waals surface area contributed by atoms with Crippen molar-refractivity contribution in [2.45, 2.75) is 57.5 Å². The molecule has 5 heterocycles. The number of likely N-dealkylation sites (tertiary alicyclic amines) is 1. The van der Waals surface area contributed by atoms with Crippen molar-refractivity contribution in [1.29, 1.82) is 0 Å². The smallest absolute Gasteiger partial charge is 0.151 e. The quantitative estimate of drug-likeness (QED) is 0.474. The molecule has 232 valence electrons. The molecule has 0 radical (unpaired) electrons. The van der Waals surface area contributed by atoms with Crippen LogP contribution in [0.25, 0.3) is 16.6 Å². The maximum atomic E-state index is 6.35. The van der Waals surface area contributed by atoms with Crippen LogP contribution in [0.4, 0.5) is 11.6 Å². The van der Waals surface area contributed by atoms with Crippen LogP contribution in [-0.2, 0) is 15.9 Å². The number of likely N-dealkylation sites (N-methyl/N-ethyl adjacent to an activating group) is 1. The summed E-state index contributed by atoms with van der Waals surface area (Å²) in [7, 11) is 4.01. The number of aryl methyl sites for hydroxylation is 1. The van der Waals surface area contributed by atoms with Crippen molar-refractivity contribution in [3.8, 4) is 0 Å². The van der Waals surface area contributed by atoms with Crippen molar-refractivity contribution in [1.82, 2.24) is 29.7 Å².